The van der Waals surface area contributed by atoms with E-state index in [1.807, 2.05) is 13.8 Å². The maximum absolute atomic E-state index is 8.77. The van der Waals surface area contributed by atoms with E-state index in [2.05, 4.69) is 15.3 Å². The average molecular weight is 211 g/mol. The number of aliphatic hydroxyl groups excluding tert-OH is 1. The number of aliphatic hydroxyl groups is 1. The van der Waals surface area contributed by atoms with E-state index >= 15 is 0 Å². The SMILES string of the molecule is COc1cc(NC(C)CCO)nc(C)n1. The minimum Gasteiger partial charge on any atom is -0.481 e. The lowest BCUT2D eigenvalue weighted by molar-refractivity contribution is 0.282. The van der Waals surface area contributed by atoms with Gasteiger partial charge in [-0.25, -0.2) is 4.98 Å². The standard InChI is InChI=1S/C10H17N3O2/c1-7(4-5-14)11-9-6-10(15-3)13-8(2)12-9/h6-7,14H,4-5H2,1-3H3,(H,11,12,13). The molecule has 15 heavy (non-hydrogen) atoms. The third-order valence-electron chi connectivity index (χ3n) is 1.98. The molecule has 0 amide bonds. The largest absolute Gasteiger partial charge is 0.481 e. The van der Waals surface area contributed by atoms with Crippen molar-refractivity contribution in [2.75, 3.05) is 19.0 Å². The summed E-state index contributed by atoms with van der Waals surface area (Å²) >= 11 is 0. The first-order chi connectivity index (χ1) is 7.15. The van der Waals surface area contributed by atoms with Gasteiger partial charge in [-0.15, -0.1) is 0 Å². The van der Waals surface area contributed by atoms with Crippen LogP contribution in [0.25, 0.3) is 0 Å². The van der Waals surface area contributed by atoms with Gasteiger partial charge in [0.25, 0.3) is 0 Å². The van der Waals surface area contributed by atoms with Crippen LogP contribution in [0.4, 0.5) is 5.82 Å². The molecule has 0 aliphatic carbocycles. The predicted molar refractivity (Wildman–Crippen MR) is 58.1 cm³/mol. The first-order valence-corrected chi connectivity index (χ1v) is 4.92. The summed E-state index contributed by atoms with van der Waals surface area (Å²) in [5, 5.41) is 11.9. The van der Waals surface area contributed by atoms with E-state index in [4.69, 9.17) is 9.84 Å². The second-order valence-electron chi connectivity index (χ2n) is 3.40. The highest BCUT2D eigenvalue weighted by Gasteiger charge is 2.05. The van der Waals surface area contributed by atoms with Crippen LogP contribution >= 0.6 is 0 Å². The van der Waals surface area contributed by atoms with Gasteiger partial charge in [0, 0.05) is 18.7 Å². The second kappa shape index (κ2) is 5.50. The van der Waals surface area contributed by atoms with E-state index in [0.29, 0.717) is 18.1 Å². The van der Waals surface area contributed by atoms with Crippen LogP contribution in [-0.4, -0.2) is 34.8 Å². The van der Waals surface area contributed by atoms with Crippen molar-refractivity contribution in [2.45, 2.75) is 26.3 Å². The monoisotopic (exact) mass is 211 g/mol. The molecule has 0 aromatic carbocycles. The molecule has 1 rings (SSSR count). The highest BCUT2D eigenvalue weighted by Crippen LogP contribution is 2.13. The van der Waals surface area contributed by atoms with Gasteiger partial charge in [0.2, 0.25) is 5.88 Å². The fourth-order valence-electron chi connectivity index (χ4n) is 1.24. The molecule has 0 radical (unpaired) electrons. The molecule has 84 valence electrons. The van der Waals surface area contributed by atoms with E-state index in [9.17, 15) is 0 Å². The summed E-state index contributed by atoms with van der Waals surface area (Å²) in [7, 11) is 1.57. The maximum atomic E-state index is 8.77. The molecule has 0 aliphatic rings. The number of hydrogen-bond acceptors (Lipinski definition) is 5. The van der Waals surface area contributed by atoms with Gasteiger partial charge >= 0.3 is 0 Å². The minimum atomic E-state index is 0.162. The van der Waals surface area contributed by atoms with Gasteiger partial charge < -0.3 is 15.2 Å². The number of nitrogens with one attached hydrogen (secondary N) is 1. The molecule has 1 heterocycles. The quantitative estimate of drug-likeness (QED) is 0.759. The molecule has 0 saturated carbocycles. The minimum absolute atomic E-state index is 0.162. The Morgan fingerprint density at radius 2 is 2.27 bits per heavy atom. The first kappa shape index (κ1) is 11.7. The molecule has 1 aromatic rings. The smallest absolute Gasteiger partial charge is 0.218 e. The van der Waals surface area contributed by atoms with Crippen LogP contribution in [0.1, 0.15) is 19.2 Å². The summed E-state index contributed by atoms with van der Waals surface area (Å²) in [5.74, 6) is 1.93. The first-order valence-electron chi connectivity index (χ1n) is 4.92. The molecule has 5 nitrogen and oxygen atoms in total. The number of methoxy groups -OCH3 is 1. The van der Waals surface area contributed by atoms with Crippen LogP contribution in [0.2, 0.25) is 0 Å². The summed E-state index contributed by atoms with van der Waals surface area (Å²) in [6, 6.07) is 1.91. The topological polar surface area (TPSA) is 67.3 Å². The molecule has 1 aromatic heterocycles. The molecular formula is C10H17N3O2. The van der Waals surface area contributed by atoms with Gasteiger partial charge in [0.15, 0.2) is 0 Å². The Kier molecular flexibility index (Phi) is 4.30. The number of ether oxygens (including phenoxy) is 1. The number of rotatable bonds is 5. The van der Waals surface area contributed by atoms with Gasteiger partial charge in [0.05, 0.1) is 7.11 Å². The zero-order valence-electron chi connectivity index (χ0n) is 9.32. The molecule has 1 atom stereocenters. The molecule has 2 N–H and O–H groups in total. The van der Waals surface area contributed by atoms with Gasteiger partial charge in [-0.05, 0) is 20.3 Å². The molecule has 1 unspecified atom stereocenters. The fourth-order valence-corrected chi connectivity index (χ4v) is 1.24. The van der Waals surface area contributed by atoms with Crippen LogP contribution in [0.15, 0.2) is 6.07 Å². The van der Waals surface area contributed by atoms with Crippen LogP contribution in [-0.2, 0) is 0 Å². The summed E-state index contributed by atoms with van der Waals surface area (Å²) < 4.78 is 5.04. The summed E-state index contributed by atoms with van der Waals surface area (Å²) in [6.07, 6.45) is 0.686. The van der Waals surface area contributed by atoms with Crippen molar-refractivity contribution < 1.29 is 9.84 Å². The Balaban J connectivity index is 2.71. The van der Waals surface area contributed by atoms with Crippen molar-refractivity contribution in [1.82, 2.24) is 9.97 Å². The van der Waals surface area contributed by atoms with Crippen molar-refractivity contribution in [2.24, 2.45) is 0 Å². The Labute approximate surface area is 89.5 Å². The van der Waals surface area contributed by atoms with E-state index in [-0.39, 0.29) is 12.6 Å². The molecule has 0 aliphatic heterocycles. The average Bonchev–Trinajstić information content (AvgIpc) is 2.17. The van der Waals surface area contributed by atoms with E-state index in [0.717, 1.165) is 5.82 Å². The fraction of sp³-hybridized carbons (Fsp3) is 0.600. The normalized spacial score (nSPS) is 12.3. The summed E-state index contributed by atoms with van der Waals surface area (Å²) in [6.45, 7) is 3.96. The van der Waals surface area contributed by atoms with Crippen LogP contribution in [0.3, 0.4) is 0 Å². The van der Waals surface area contributed by atoms with Gasteiger partial charge in [-0.1, -0.05) is 0 Å². The molecule has 0 fully saturated rings. The van der Waals surface area contributed by atoms with Crippen molar-refractivity contribution in [1.29, 1.82) is 0 Å². The van der Waals surface area contributed by atoms with Gasteiger partial charge in [0.1, 0.15) is 11.6 Å². The highest BCUT2D eigenvalue weighted by molar-refractivity contribution is 5.39. The molecule has 0 bridgehead atoms. The number of aromatic nitrogens is 2. The van der Waals surface area contributed by atoms with Crippen LogP contribution in [0, 0.1) is 6.92 Å². The molecule has 0 saturated heterocycles. The van der Waals surface area contributed by atoms with Crippen LogP contribution < -0.4 is 10.1 Å². The van der Waals surface area contributed by atoms with Crippen molar-refractivity contribution >= 4 is 5.82 Å². The van der Waals surface area contributed by atoms with E-state index in [1.54, 1.807) is 13.2 Å². The Bertz CT molecular complexity index is 318. The molecular weight excluding hydrogens is 194 g/mol. The zero-order valence-corrected chi connectivity index (χ0v) is 9.32. The Morgan fingerprint density at radius 3 is 2.87 bits per heavy atom. The number of nitrogens with zero attached hydrogens (tertiary/aromatic N) is 2. The predicted octanol–water partition coefficient (Wildman–Crippen LogP) is 0.976. The zero-order chi connectivity index (χ0) is 11.3. The lowest BCUT2D eigenvalue weighted by Crippen LogP contribution is -2.17. The maximum Gasteiger partial charge on any atom is 0.218 e. The lowest BCUT2D eigenvalue weighted by Gasteiger charge is -2.13. The van der Waals surface area contributed by atoms with Crippen molar-refractivity contribution in [3.63, 3.8) is 0 Å². The summed E-state index contributed by atoms with van der Waals surface area (Å²) in [4.78, 5) is 8.30. The third-order valence-corrected chi connectivity index (χ3v) is 1.98. The van der Waals surface area contributed by atoms with Crippen LogP contribution in [0.5, 0.6) is 5.88 Å². The van der Waals surface area contributed by atoms with Gasteiger partial charge in [-0.3, -0.25) is 0 Å². The number of anilines is 1. The highest BCUT2D eigenvalue weighted by atomic mass is 16.5. The van der Waals surface area contributed by atoms with E-state index < -0.39 is 0 Å². The van der Waals surface area contributed by atoms with Gasteiger partial charge in [-0.2, -0.15) is 4.98 Å². The summed E-state index contributed by atoms with van der Waals surface area (Å²) in [5.41, 5.74) is 0. The van der Waals surface area contributed by atoms with E-state index in [1.165, 1.54) is 0 Å². The number of hydrogen-bond donors (Lipinski definition) is 2. The third kappa shape index (κ3) is 3.71. The second-order valence-corrected chi connectivity index (χ2v) is 3.40. The Morgan fingerprint density at radius 1 is 1.53 bits per heavy atom. The molecule has 5 heteroatoms. The Hall–Kier alpha value is -1.36. The number of aryl methyl sites for hydroxylation is 1. The van der Waals surface area contributed by atoms with Crippen molar-refractivity contribution in [3.8, 4) is 5.88 Å². The molecule has 0 spiro atoms. The van der Waals surface area contributed by atoms with Crippen molar-refractivity contribution in [3.05, 3.63) is 11.9 Å². The lowest BCUT2D eigenvalue weighted by atomic mass is 10.2.